The molecule has 1 aliphatic carbocycles. The Kier molecular flexibility index (Phi) is 3.20. The van der Waals surface area contributed by atoms with Crippen molar-refractivity contribution >= 4 is 5.82 Å². The zero-order valence-corrected chi connectivity index (χ0v) is 11.3. The van der Waals surface area contributed by atoms with Crippen LogP contribution < -0.4 is 5.73 Å². The van der Waals surface area contributed by atoms with Gasteiger partial charge in [0.2, 0.25) is 0 Å². The molecule has 0 atom stereocenters. The second kappa shape index (κ2) is 5.00. The largest absolute Gasteiger partial charge is 0.383 e. The Hall–Kier alpha value is -1.90. The molecule has 0 bridgehead atoms. The van der Waals surface area contributed by atoms with E-state index in [4.69, 9.17) is 10.7 Å². The van der Waals surface area contributed by atoms with Gasteiger partial charge in [-0.15, -0.1) is 0 Å². The maximum atomic E-state index is 6.08. The van der Waals surface area contributed by atoms with E-state index in [1.807, 2.05) is 0 Å². The summed E-state index contributed by atoms with van der Waals surface area (Å²) in [5.41, 5.74) is 10.8. The van der Waals surface area contributed by atoms with E-state index in [1.54, 1.807) is 0 Å². The second-order valence-electron chi connectivity index (χ2n) is 5.12. The highest BCUT2D eigenvalue weighted by atomic mass is 15.0. The fraction of sp³-hybridized carbons (Fsp3) is 0.375. The van der Waals surface area contributed by atoms with Gasteiger partial charge in [-0.25, -0.2) is 9.97 Å². The lowest BCUT2D eigenvalue weighted by atomic mass is 9.96. The van der Waals surface area contributed by atoms with E-state index in [2.05, 4.69) is 36.2 Å². The van der Waals surface area contributed by atoms with Crippen LogP contribution in [-0.4, -0.2) is 9.97 Å². The minimum absolute atomic E-state index is 0.666. The van der Waals surface area contributed by atoms with Crippen LogP contribution in [0.3, 0.4) is 0 Å². The number of nitrogens with zero attached hydrogens (tertiary/aromatic N) is 2. The standard InChI is InChI=1S/C16H19N3/c1-2-11-7-9-12(10-8-11)16-18-14-6-4-3-5-13(14)15(17)19-16/h7-10H,2-6H2,1H3,(H2,17,18,19). The summed E-state index contributed by atoms with van der Waals surface area (Å²) in [4.78, 5) is 9.19. The van der Waals surface area contributed by atoms with Gasteiger partial charge in [-0.2, -0.15) is 0 Å². The topological polar surface area (TPSA) is 51.8 Å². The fourth-order valence-electron chi connectivity index (χ4n) is 2.64. The van der Waals surface area contributed by atoms with Gasteiger partial charge in [0.25, 0.3) is 0 Å². The minimum Gasteiger partial charge on any atom is -0.383 e. The Morgan fingerprint density at radius 2 is 1.79 bits per heavy atom. The number of aromatic nitrogens is 2. The van der Waals surface area contributed by atoms with E-state index >= 15 is 0 Å². The summed E-state index contributed by atoms with van der Waals surface area (Å²) >= 11 is 0. The van der Waals surface area contributed by atoms with Crippen molar-refractivity contribution in [1.29, 1.82) is 0 Å². The number of benzene rings is 1. The Labute approximate surface area is 113 Å². The van der Waals surface area contributed by atoms with E-state index in [1.165, 1.54) is 24.0 Å². The van der Waals surface area contributed by atoms with Crippen molar-refractivity contribution in [1.82, 2.24) is 9.97 Å². The van der Waals surface area contributed by atoms with Gasteiger partial charge in [0.15, 0.2) is 5.82 Å². The molecule has 19 heavy (non-hydrogen) atoms. The first-order valence-corrected chi connectivity index (χ1v) is 7.02. The summed E-state index contributed by atoms with van der Waals surface area (Å²) in [6.45, 7) is 2.16. The van der Waals surface area contributed by atoms with Crippen LogP contribution in [0.4, 0.5) is 5.82 Å². The molecule has 2 N–H and O–H groups in total. The molecule has 98 valence electrons. The number of nitrogen functional groups attached to an aromatic ring is 1. The SMILES string of the molecule is CCc1ccc(-c2nc(N)c3c(n2)CCCC3)cc1. The van der Waals surface area contributed by atoms with Gasteiger partial charge in [-0.1, -0.05) is 31.2 Å². The number of nitrogens with two attached hydrogens (primary N) is 1. The number of fused-ring (bicyclic) bond motifs is 1. The zero-order valence-electron chi connectivity index (χ0n) is 11.3. The van der Waals surface area contributed by atoms with Crippen LogP contribution in [0.25, 0.3) is 11.4 Å². The third-order valence-electron chi connectivity index (χ3n) is 3.84. The number of hydrogen-bond donors (Lipinski definition) is 1. The number of aryl methyl sites for hydroxylation is 2. The van der Waals surface area contributed by atoms with Gasteiger partial charge in [-0.05, 0) is 37.7 Å². The quantitative estimate of drug-likeness (QED) is 0.894. The summed E-state index contributed by atoms with van der Waals surface area (Å²) in [6.07, 6.45) is 5.51. The molecule has 0 unspecified atom stereocenters. The van der Waals surface area contributed by atoms with Crippen molar-refractivity contribution in [2.24, 2.45) is 0 Å². The molecule has 2 aromatic rings. The third-order valence-corrected chi connectivity index (χ3v) is 3.84. The van der Waals surface area contributed by atoms with Gasteiger partial charge >= 0.3 is 0 Å². The van der Waals surface area contributed by atoms with E-state index < -0.39 is 0 Å². The highest BCUT2D eigenvalue weighted by Crippen LogP contribution is 2.26. The molecular formula is C16H19N3. The van der Waals surface area contributed by atoms with Crippen molar-refractivity contribution in [2.45, 2.75) is 39.0 Å². The van der Waals surface area contributed by atoms with Crippen LogP contribution in [-0.2, 0) is 19.3 Å². The molecule has 0 amide bonds. The minimum atomic E-state index is 0.666. The van der Waals surface area contributed by atoms with Crippen molar-refractivity contribution in [3.63, 3.8) is 0 Å². The molecule has 0 saturated carbocycles. The van der Waals surface area contributed by atoms with Gasteiger partial charge in [0.1, 0.15) is 5.82 Å². The highest BCUT2D eigenvalue weighted by molar-refractivity contribution is 5.59. The molecule has 0 saturated heterocycles. The summed E-state index contributed by atoms with van der Waals surface area (Å²) < 4.78 is 0. The van der Waals surface area contributed by atoms with Crippen LogP contribution in [0.2, 0.25) is 0 Å². The maximum absolute atomic E-state index is 6.08. The average molecular weight is 253 g/mol. The normalized spacial score (nSPS) is 14.2. The lowest BCUT2D eigenvalue weighted by Crippen LogP contribution is -2.11. The lowest BCUT2D eigenvalue weighted by molar-refractivity contribution is 0.666. The predicted molar refractivity (Wildman–Crippen MR) is 77.9 cm³/mol. The summed E-state index contributed by atoms with van der Waals surface area (Å²) in [5.74, 6) is 1.43. The van der Waals surface area contributed by atoms with Gasteiger partial charge in [0.05, 0.1) is 0 Å². The number of hydrogen-bond acceptors (Lipinski definition) is 3. The van der Waals surface area contributed by atoms with E-state index in [9.17, 15) is 0 Å². The molecule has 1 aliphatic rings. The van der Waals surface area contributed by atoms with Crippen molar-refractivity contribution in [2.75, 3.05) is 5.73 Å². The molecule has 0 spiro atoms. The number of rotatable bonds is 2. The lowest BCUT2D eigenvalue weighted by Gasteiger charge is -2.17. The van der Waals surface area contributed by atoms with Gasteiger partial charge in [0, 0.05) is 16.8 Å². The van der Waals surface area contributed by atoms with Gasteiger partial charge in [-0.3, -0.25) is 0 Å². The molecule has 1 aromatic carbocycles. The summed E-state index contributed by atoms with van der Waals surface area (Å²) in [5, 5.41) is 0. The molecule has 0 fully saturated rings. The van der Waals surface area contributed by atoms with Crippen LogP contribution in [0.15, 0.2) is 24.3 Å². The molecule has 0 radical (unpaired) electrons. The molecule has 0 aliphatic heterocycles. The smallest absolute Gasteiger partial charge is 0.161 e. The predicted octanol–water partition coefficient (Wildman–Crippen LogP) is 3.17. The third kappa shape index (κ3) is 2.33. The molecule has 1 heterocycles. The van der Waals surface area contributed by atoms with Crippen LogP contribution in [0, 0.1) is 0 Å². The van der Waals surface area contributed by atoms with Crippen LogP contribution >= 0.6 is 0 Å². The molecule has 3 nitrogen and oxygen atoms in total. The molecule has 1 aromatic heterocycles. The van der Waals surface area contributed by atoms with Crippen molar-refractivity contribution in [3.8, 4) is 11.4 Å². The Balaban J connectivity index is 2.02. The molecule has 3 rings (SSSR count). The Bertz CT molecular complexity index is 588. The van der Waals surface area contributed by atoms with Crippen molar-refractivity contribution < 1.29 is 0 Å². The second-order valence-corrected chi connectivity index (χ2v) is 5.12. The Morgan fingerprint density at radius 1 is 1.05 bits per heavy atom. The first-order valence-electron chi connectivity index (χ1n) is 7.02. The summed E-state index contributed by atoms with van der Waals surface area (Å²) in [6, 6.07) is 8.44. The van der Waals surface area contributed by atoms with Gasteiger partial charge < -0.3 is 5.73 Å². The summed E-state index contributed by atoms with van der Waals surface area (Å²) in [7, 11) is 0. The number of anilines is 1. The van der Waals surface area contributed by atoms with E-state index in [-0.39, 0.29) is 0 Å². The first-order chi connectivity index (χ1) is 9.28. The first kappa shape index (κ1) is 12.2. The van der Waals surface area contributed by atoms with Crippen molar-refractivity contribution in [3.05, 3.63) is 41.1 Å². The molecular weight excluding hydrogens is 234 g/mol. The highest BCUT2D eigenvalue weighted by Gasteiger charge is 2.16. The van der Waals surface area contributed by atoms with E-state index in [0.29, 0.717) is 5.82 Å². The van der Waals surface area contributed by atoms with Crippen LogP contribution in [0.5, 0.6) is 0 Å². The average Bonchev–Trinajstić information content (AvgIpc) is 2.47. The molecule has 3 heteroatoms. The Morgan fingerprint density at radius 3 is 2.53 bits per heavy atom. The zero-order chi connectivity index (χ0) is 13.2. The maximum Gasteiger partial charge on any atom is 0.161 e. The van der Waals surface area contributed by atoms with Crippen LogP contribution in [0.1, 0.15) is 36.6 Å². The monoisotopic (exact) mass is 253 g/mol. The fourth-order valence-corrected chi connectivity index (χ4v) is 2.64. The van der Waals surface area contributed by atoms with E-state index in [0.717, 1.165) is 36.3 Å².